The standard InChI is InChI=1S/C23H18N2O3/c1-14-9-19-21(10-15(14)2)28-23(25-19)17-4-6-18(7-5-17)24-12-16-3-8-20-22(11-16)27-13-26-20/h3-12H,13H2,1-2H3. The molecular formula is C23H18N2O3. The van der Waals surface area contributed by atoms with E-state index in [0.717, 1.165) is 39.4 Å². The molecule has 0 amide bonds. The summed E-state index contributed by atoms with van der Waals surface area (Å²) in [6.07, 6.45) is 1.81. The van der Waals surface area contributed by atoms with E-state index in [-0.39, 0.29) is 6.79 Å². The van der Waals surface area contributed by atoms with Gasteiger partial charge < -0.3 is 13.9 Å². The third-order valence-corrected chi connectivity index (χ3v) is 4.88. The molecule has 5 heteroatoms. The number of hydrogen-bond acceptors (Lipinski definition) is 5. The van der Waals surface area contributed by atoms with Crippen molar-refractivity contribution in [2.75, 3.05) is 6.79 Å². The number of fused-ring (bicyclic) bond motifs is 2. The van der Waals surface area contributed by atoms with Crippen LogP contribution in [0.15, 0.2) is 64.0 Å². The summed E-state index contributed by atoms with van der Waals surface area (Å²) in [4.78, 5) is 9.14. The van der Waals surface area contributed by atoms with Gasteiger partial charge in [0.05, 0.1) is 5.69 Å². The fourth-order valence-corrected chi connectivity index (χ4v) is 3.14. The molecule has 0 N–H and O–H groups in total. The second kappa shape index (κ2) is 6.53. The van der Waals surface area contributed by atoms with Gasteiger partial charge in [0.25, 0.3) is 0 Å². The van der Waals surface area contributed by atoms with Crippen LogP contribution < -0.4 is 9.47 Å². The van der Waals surface area contributed by atoms with Crippen LogP contribution in [0.3, 0.4) is 0 Å². The van der Waals surface area contributed by atoms with E-state index in [1.165, 1.54) is 11.1 Å². The Morgan fingerprint density at radius 2 is 1.68 bits per heavy atom. The number of hydrogen-bond donors (Lipinski definition) is 0. The first-order valence-electron chi connectivity index (χ1n) is 9.08. The Bertz CT molecular complexity index is 1170. The first-order valence-corrected chi connectivity index (χ1v) is 9.08. The lowest BCUT2D eigenvalue weighted by Crippen LogP contribution is -1.92. The van der Waals surface area contributed by atoms with E-state index in [1.807, 2.05) is 54.7 Å². The van der Waals surface area contributed by atoms with Crippen LogP contribution in [0, 0.1) is 13.8 Å². The Kier molecular flexibility index (Phi) is 3.86. The van der Waals surface area contributed by atoms with Gasteiger partial charge in [-0.3, -0.25) is 4.99 Å². The number of ether oxygens (including phenoxy) is 2. The van der Waals surface area contributed by atoms with E-state index in [1.54, 1.807) is 0 Å². The lowest BCUT2D eigenvalue weighted by Gasteiger charge is -1.99. The predicted molar refractivity (Wildman–Crippen MR) is 109 cm³/mol. The molecule has 0 fully saturated rings. The second-order valence-electron chi connectivity index (χ2n) is 6.84. The second-order valence-corrected chi connectivity index (χ2v) is 6.84. The van der Waals surface area contributed by atoms with Crippen LogP contribution in [0.4, 0.5) is 5.69 Å². The molecule has 3 aromatic carbocycles. The van der Waals surface area contributed by atoms with Crippen LogP contribution >= 0.6 is 0 Å². The average molecular weight is 370 g/mol. The van der Waals surface area contributed by atoms with Gasteiger partial charge in [0, 0.05) is 11.8 Å². The number of aromatic nitrogens is 1. The Balaban J connectivity index is 1.38. The summed E-state index contributed by atoms with van der Waals surface area (Å²) in [6.45, 7) is 4.42. The minimum atomic E-state index is 0.270. The Hall–Kier alpha value is -3.60. The first-order chi connectivity index (χ1) is 13.7. The largest absolute Gasteiger partial charge is 0.454 e. The molecule has 0 bridgehead atoms. The van der Waals surface area contributed by atoms with Crippen molar-refractivity contribution in [1.29, 1.82) is 0 Å². The monoisotopic (exact) mass is 370 g/mol. The van der Waals surface area contributed by atoms with E-state index in [4.69, 9.17) is 13.9 Å². The van der Waals surface area contributed by atoms with Crippen molar-refractivity contribution >= 4 is 23.0 Å². The molecule has 1 aliphatic rings. The molecule has 2 heterocycles. The quantitative estimate of drug-likeness (QED) is 0.441. The van der Waals surface area contributed by atoms with Crippen molar-refractivity contribution in [3.05, 3.63) is 71.3 Å². The van der Waals surface area contributed by atoms with Gasteiger partial charge in [0.2, 0.25) is 12.7 Å². The molecule has 0 aliphatic carbocycles. The Labute approximate surface area is 162 Å². The van der Waals surface area contributed by atoms with Crippen molar-refractivity contribution in [3.8, 4) is 23.0 Å². The lowest BCUT2D eigenvalue weighted by molar-refractivity contribution is 0.174. The van der Waals surface area contributed by atoms with E-state index in [0.29, 0.717) is 5.89 Å². The molecule has 0 atom stereocenters. The number of oxazole rings is 1. The molecule has 138 valence electrons. The molecule has 0 spiro atoms. The number of nitrogens with zero attached hydrogens (tertiary/aromatic N) is 2. The summed E-state index contributed by atoms with van der Waals surface area (Å²) in [7, 11) is 0. The zero-order valence-electron chi connectivity index (χ0n) is 15.6. The van der Waals surface area contributed by atoms with Gasteiger partial charge in [-0.1, -0.05) is 0 Å². The first kappa shape index (κ1) is 16.6. The number of aliphatic imine (C=N–C) groups is 1. The SMILES string of the molecule is Cc1cc2nc(-c3ccc(N=Cc4ccc5c(c4)OCO5)cc3)oc2cc1C. The van der Waals surface area contributed by atoms with Crippen LogP contribution in [-0.4, -0.2) is 18.0 Å². The van der Waals surface area contributed by atoms with Crippen LogP contribution in [0.1, 0.15) is 16.7 Å². The number of benzene rings is 3. The Morgan fingerprint density at radius 3 is 2.54 bits per heavy atom. The highest BCUT2D eigenvalue weighted by atomic mass is 16.7. The van der Waals surface area contributed by atoms with Crippen molar-refractivity contribution in [3.63, 3.8) is 0 Å². The molecule has 0 unspecified atom stereocenters. The van der Waals surface area contributed by atoms with Crippen LogP contribution in [-0.2, 0) is 0 Å². The fourth-order valence-electron chi connectivity index (χ4n) is 3.14. The molecule has 5 rings (SSSR count). The summed E-state index contributed by atoms with van der Waals surface area (Å²) in [5.74, 6) is 2.14. The van der Waals surface area contributed by atoms with Gasteiger partial charge in [0.1, 0.15) is 5.52 Å². The van der Waals surface area contributed by atoms with E-state index < -0.39 is 0 Å². The molecule has 0 saturated heterocycles. The predicted octanol–water partition coefficient (Wildman–Crippen LogP) is 5.59. The molecular weight excluding hydrogens is 352 g/mol. The van der Waals surface area contributed by atoms with Gasteiger partial charge in [-0.15, -0.1) is 0 Å². The summed E-state index contributed by atoms with van der Waals surface area (Å²) in [6, 6.07) is 17.7. The van der Waals surface area contributed by atoms with Crippen LogP contribution in [0.2, 0.25) is 0 Å². The Morgan fingerprint density at radius 1 is 0.893 bits per heavy atom. The molecule has 5 nitrogen and oxygen atoms in total. The van der Waals surface area contributed by atoms with Gasteiger partial charge in [0.15, 0.2) is 17.1 Å². The van der Waals surface area contributed by atoms with Crippen molar-refractivity contribution < 1.29 is 13.9 Å². The molecule has 1 aromatic heterocycles. The third kappa shape index (κ3) is 3.01. The van der Waals surface area contributed by atoms with Gasteiger partial charge in [-0.05, 0) is 85.1 Å². The fraction of sp³-hybridized carbons (Fsp3) is 0.130. The van der Waals surface area contributed by atoms with E-state index in [9.17, 15) is 0 Å². The minimum absolute atomic E-state index is 0.270. The lowest BCUT2D eigenvalue weighted by atomic mass is 10.1. The smallest absolute Gasteiger partial charge is 0.231 e. The van der Waals surface area contributed by atoms with E-state index >= 15 is 0 Å². The highest BCUT2D eigenvalue weighted by Crippen LogP contribution is 2.32. The summed E-state index contributed by atoms with van der Waals surface area (Å²) < 4.78 is 16.6. The molecule has 28 heavy (non-hydrogen) atoms. The number of aryl methyl sites for hydroxylation is 2. The third-order valence-electron chi connectivity index (χ3n) is 4.88. The minimum Gasteiger partial charge on any atom is -0.454 e. The van der Waals surface area contributed by atoms with Crippen molar-refractivity contribution in [2.45, 2.75) is 13.8 Å². The molecule has 0 radical (unpaired) electrons. The zero-order valence-corrected chi connectivity index (χ0v) is 15.6. The van der Waals surface area contributed by atoms with Crippen LogP contribution in [0.5, 0.6) is 11.5 Å². The summed E-state index contributed by atoms with van der Waals surface area (Å²) >= 11 is 0. The maximum Gasteiger partial charge on any atom is 0.231 e. The number of rotatable bonds is 3. The van der Waals surface area contributed by atoms with Gasteiger partial charge in [-0.2, -0.15) is 0 Å². The zero-order chi connectivity index (χ0) is 19.1. The van der Waals surface area contributed by atoms with Gasteiger partial charge in [-0.25, -0.2) is 4.98 Å². The average Bonchev–Trinajstić information content (AvgIpc) is 3.33. The van der Waals surface area contributed by atoms with Gasteiger partial charge >= 0.3 is 0 Å². The highest BCUT2D eigenvalue weighted by molar-refractivity contribution is 5.83. The summed E-state index contributed by atoms with van der Waals surface area (Å²) in [5.41, 5.74) is 6.82. The van der Waals surface area contributed by atoms with E-state index in [2.05, 4.69) is 29.9 Å². The maximum absolute atomic E-state index is 5.93. The molecule has 1 aliphatic heterocycles. The topological polar surface area (TPSA) is 56.9 Å². The summed E-state index contributed by atoms with van der Waals surface area (Å²) in [5, 5.41) is 0. The van der Waals surface area contributed by atoms with Crippen molar-refractivity contribution in [2.24, 2.45) is 4.99 Å². The molecule has 4 aromatic rings. The van der Waals surface area contributed by atoms with Crippen LogP contribution in [0.25, 0.3) is 22.6 Å². The normalized spacial score (nSPS) is 12.9. The maximum atomic E-state index is 5.93. The highest BCUT2D eigenvalue weighted by Gasteiger charge is 2.12. The van der Waals surface area contributed by atoms with Crippen molar-refractivity contribution in [1.82, 2.24) is 4.98 Å². The molecule has 0 saturated carbocycles.